The molecule has 21 heavy (non-hydrogen) atoms. The number of ketones is 1. The summed E-state index contributed by atoms with van der Waals surface area (Å²) in [4.78, 5) is 13.3. The molecule has 0 spiro atoms. The third kappa shape index (κ3) is 2.53. The lowest BCUT2D eigenvalue weighted by atomic mass is 9.65. The van der Waals surface area contributed by atoms with Gasteiger partial charge in [-0.05, 0) is 30.9 Å². The van der Waals surface area contributed by atoms with E-state index in [0.717, 1.165) is 36.8 Å². The van der Waals surface area contributed by atoms with Crippen LogP contribution in [0.5, 0.6) is 0 Å². The third-order valence-electron chi connectivity index (χ3n) is 4.86. The van der Waals surface area contributed by atoms with Gasteiger partial charge in [0.05, 0.1) is 5.41 Å². The number of hydrogen-bond donors (Lipinski definition) is 0. The SMILES string of the molecule is Cc1ccccc1C(=O)C1(c2ccccc2)CCCCC1. The Balaban J connectivity index is 2.08. The predicted molar refractivity (Wildman–Crippen MR) is 86.7 cm³/mol. The molecule has 1 fully saturated rings. The Morgan fingerprint density at radius 3 is 2.14 bits per heavy atom. The Bertz CT molecular complexity index is 621. The second-order valence-corrected chi connectivity index (χ2v) is 6.15. The molecule has 0 bridgehead atoms. The van der Waals surface area contributed by atoms with Crippen LogP contribution in [0.4, 0.5) is 0 Å². The van der Waals surface area contributed by atoms with E-state index in [1.165, 1.54) is 12.0 Å². The van der Waals surface area contributed by atoms with Gasteiger partial charge in [-0.3, -0.25) is 4.79 Å². The Labute approximate surface area is 127 Å². The maximum atomic E-state index is 13.3. The second kappa shape index (κ2) is 5.85. The molecule has 1 nitrogen and oxygen atoms in total. The van der Waals surface area contributed by atoms with Crippen LogP contribution in [-0.2, 0) is 5.41 Å². The molecule has 2 aromatic rings. The molecule has 1 aliphatic rings. The summed E-state index contributed by atoms with van der Waals surface area (Å²) < 4.78 is 0. The minimum atomic E-state index is -0.314. The van der Waals surface area contributed by atoms with Gasteiger partial charge in [-0.1, -0.05) is 73.9 Å². The van der Waals surface area contributed by atoms with Crippen LogP contribution in [0, 0.1) is 6.92 Å². The highest BCUT2D eigenvalue weighted by atomic mass is 16.1. The van der Waals surface area contributed by atoms with Crippen molar-refractivity contribution in [1.29, 1.82) is 0 Å². The van der Waals surface area contributed by atoms with Crippen molar-refractivity contribution in [2.45, 2.75) is 44.4 Å². The molecule has 3 rings (SSSR count). The molecule has 1 aliphatic carbocycles. The predicted octanol–water partition coefficient (Wildman–Crippen LogP) is 5.08. The van der Waals surface area contributed by atoms with Crippen molar-refractivity contribution in [1.82, 2.24) is 0 Å². The van der Waals surface area contributed by atoms with Gasteiger partial charge < -0.3 is 0 Å². The van der Waals surface area contributed by atoms with Gasteiger partial charge in [-0.15, -0.1) is 0 Å². The van der Waals surface area contributed by atoms with Crippen LogP contribution in [-0.4, -0.2) is 5.78 Å². The summed E-state index contributed by atoms with van der Waals surface area (Å²) in [6, 6.07) is 18.4. The summed E-state index contributed by atoms with van der Waals surface area (Å²) in [5, 5.41) is 0. The van der Waals surface area contributed by atoms with Gasteiger partial charge in [0.15, 0.2) is 5.78 Å². The quantitative estimate of drug-likeness (QED) is 0.715. The number of benzene rings is 2. The molecule has 1 heteroatoms. The van der Waals surface area contributed by atoms with Crippen molar-refractivity contribution < 1.29 is 4.79 Å². The largest absolute Gasteiger partial charge is 0.293 e. The maximum absolute atomic E-state index is 13.3. The van der Waals surface area contributed by atoms with Crippen LogP contribution < -0.4 is 0 Å². The third-order valence-corrected chi connectivity index (χ3v) is 4.86. The number of carbonyl (C=O) groups is 1. The molecule has 0 heterocycles. The molecule has 0 atom stereocenters. The number of rotatable bonds is 3. The molecule has 0 saturated heterocycles. The Hall–Kier alpha value is -1.89. The normalized spacial score (nSPS) is 17.4. The summed E-state index contributed by atoms with van der Waals surface area (Å²) in [5.74, 6) is 0.312. The minimum Gasteiger partial charge on any atom is -0.293 e. The van der Waals surface area contributed by atoms with E-state index in [4.69, 9.17) is 0 Å². The average molecular weight is 278 g/mol. The average Bonchev–Trinajstić information content (AvgIpc) is 2.56. The second-order valence-electron chi connectivity index (χ2n) is 6.15. The van der Waals surface area contributed by atoms with Gasteiger partial charge in [-0.25, -0.2) is 0 Å². The fourth-order valence-electron chi connectivity index (χ4n) is 3.64. The monoisotopic (exact) mass is 278 g/mol. The number of Topliss-reactive ketones (excluding diaryl/α,β-unsaturated/α-hetero) is 1. The molecule has 1 saturated carbocycles. The molecule has 2 aromatic carbocycles. The fraction of sp³-hybridized carbons (Fsp3) is 0.350. The molecule has 108 valence electrons. The summed E-state index contributed by atoms with van der Waals surface area (Å²) in [5.41, 5.74) is 2.86. The summed E-state index contributed by atoms with van der Waals surface area (Å²) in [6.45, 7) is 2.04. The van der Waals surface area contributed by atoms with Crippen LogP contribution in [0.1, 0.15) is 53.6 Å². The van der Waals surface area contributed by atoms with Crippen molar-refractivity contribution in [3.63, 3.8) is 0 Å². The van der Waals surface area contributed by atoms with Crippen molar-refractivity contribution in [2.24, 2.45) is 0 Å². The van der Waals surface area contributed by atoms with E-state index in [0.29, 0.717) is 5.78 Å². The number of hydrogen-bond acceptors (Lipinski definition) is 1. The lowest BCUT2D eigenvalue weighted by molar-refractivity contribution is 0.0838. The van der Waals surface area contributed by atoms with Gasteiger partial charge in [-0.2, -0.15) is 0 Å². The lowest BCUT2D eigenvalue weighted by Gasteiger charge is -2.37. The standard InChI is InChI=1S/C20H22O/c1-16-10-6-7-13-18(16)19(21)20(14-8-3-9-15-20)17-11-4-2-5-12-17/h2,4-7,10-13H,3,8-9,14-15H2,1H3. The van der Waals surface area contributed by atoms with Gasteiger partial charge in [0, 0.05) is 5.56 Å². The zero-order chi connectivity index (χ0) is 14.7. The molecule has 0 amide bonds. The van der Waals surface area contributed by atoms with E-state index in [-0.39, 0.29) is 5.41 Å². The topological polar surface area (TPSA) is 17.1 Å². The van der Waals surface area contributed by atoms with Crippen LogP contribution in [0.25, 0.3) is 0 Å². The zero-order valence-corrected chi connectivity index (χ0v) is 12.6. The Morgan fingerprint density at radius 2 is 1.48 bits per heavy atom. The highest BCUT2D eigenvalue weighted by Gasteiger charge is 2.41. The van der Waals surface area contributed by atoms with Crippen molar-refractivity contribution in [3.05, 3.63) is 71.3 Å². The van der Waals surface area contributed by atoms with Crippen molar-refractivity contribution >= 4 is 5.78 Å². The van der Waals surface area contributed by atoms with Gasteiger partial charge in [0.2, 0.25) is 0 Å². The van der Waals surface area contributed by atoms with Gasteiger partial charge in [0.25, 0.3) is 0 Å². The maximum Gasteiger partial charge on any atom is 0.173 e. The molecular weight excluding hydrogens is 256 g/mol. The van der Waals surface area contributed by atoms with Crippen LogP contribution >= 0.6 is 0 Å². The number of carbonyl (C=O) groups excluding carboxylic acids is 1. The zero-order valence-electron chi connectivity index (χ0n) is 12.6. The van der Waals surface area contributed by atoms with E-state index >= 15 is 0 Å². The molecule has 0 unspecified atom stereocenters. The van der Waals surface area contributed by atoms with Crippen LogP contribution in [0.3, 0.4) is 0 Å². The van der Waals surface area contributed by atoms with E-state index in [1.807, 2.05) is 37.3 Å². The molecule has 0 aromatic heterocycles. The first-order valence-corrected chi connectivity index (χ1v) is 7.90. The van der Waals surface area contributed by atoms with Crippen LogP contribution in [0.2, 0.25) is 0 Å². The Kier molecular flexibility index (Phi) is 3.92. The summed E-state index contributed by atoms with van der Waals surface area (Å²) in [6.07, 6.45) is 5.49. The first-order valence-electron chi connectivity index (χ1n) is 7.90. The summed E-state index contributed by atoms with van der Waals surface area (Å²) >= 11 is 0. The Morgan fingerprint density at radius 1 is 0.857 bits per heavy atom. The van der Waals surface area contributed by atoms with E-state index in [1.54, 1.807) is 0 Å². The molecule has 0 N–H and O–H groups in total. The fourth-order valence-corrected chi connectivity index (χ4v) is 3.64. The van der Waals surface area contributed by atoms with Gasteiger partial charge in [0.1, 0.15) is 0 Å². The molecule has 0 radical (unpaired) electrons. The highest BCUT2D eigenvalue weighted by molar-refractivity contribution is 6.05. The van der Waals surface area contributed by atoms with Crippen molar-refractivity contribution in [2.75, 3.05) is 0 Å². The highest BCUT2D eigenvalue weighted by Crippen LogP contribution is 2.42. The van der Waals surface area contributed by atoms with Crippen LogP contribution in [0.15, 0.2) is 54.6 Å². The summed E-state index contributed by atoms with van der Waals surface area (Å²) in [7, 11) is 0. The smallest absolute Gasteiger partial charge is 0.173 e. The van der Waals surface area contributed by atoms with E-state index in [2.05, 4.69) is 24.3 Å². The van der Waals surface area contributed by atoms with E-state index < -0.39 is 0 Å². The first kappa shape index (κ1) is 14.1. The molecular formula is C20H22O. The first-order chi connectivity index (χ1) is 10.2. The van der Waals surface area contributed by atoms with Gasteiger partial charge >= 0.3 is 0 Å². The number of aryl methyl sites for hydroxylation is 1. The molecule has 0 aliphatic heterocycles. The van der Waals surface area contributed by atoms with Crippen molar-refractivity contribution in [3.8, 4) is 0 Å². The van der Waals surface area contributed by atoms with E-state index in [9.17, 15) is 4.79 Å². The minimum absolute atomic E-state index is 0.312. The lowest BCUT2D eigenvalue weighted by Crippen LogP contribution is -2.38.